The van der Waals surface area contributed by atoms with Gasteiger partial charge in [0.1, 0.15) is 6.61 Å². The molecule has 2 nitrogen and oxygen atoms in total. The zero-order valence-electron chi connectivity index (χ0n) is 12.6. The molecular formula is C16H30O2. The van der Waals surface area contributed by atoms with Gasteiger partial charge in [-0.1, -0.05) is 58.6 Å². The smallest absolute Gasteiger partial charge is 0.312 e. The van der Waals surface area contributed by atoms with Crippen molar-refractivity contribution in [2.75, 3.05) is 6.61 Å². The molecule has 106 valence electrons. The molecule has 0 radical (unpaired) electrons. The average Bonchev–Trinajstić information content (AvgIpc) is 2.38. The normalized spacial score (nSPS) is 14.7. The Labute approximate surface area is 113 Å². The first-order valence-corrected chi connectivity index (χ1v) is 7.43. The lowest BCUT2D eigenvalue weighted by molar-refractivity contribution is -0.154. The van der Waals surface area contributed by atoms with Crippen molar-refractivity contribution in [3.05, 3.63) is 12.2 Å². The molecule has 0 N–H and O–H groups in total. The zero-order chi connectivity index (χ0) is 13.9. The summed E-state index contributed by atoms with van der Waals surface area (Å²) in [4.78, 5) is 12.1. The number of ether oxygens (including phenoxy) is 1. The number of hydrogen-bond donors (Lipinski definition) is 0. The zero-order valence-corrected chi connectivity index (χ0v) is 12.6. The van der Waals surface area contributed by atoms with Crippen LogP contribution in [0.4, 0.5) is 0 Å². The van der Waals surface area contributed by atoms with Crippen LogP contribution in [-0.4, -0.2) is 12.6 Å². The van der Waals surface area contributed by atoms with Crippen LogP contribution in [0, 0.1) is 5.41 Å². The maximum atomic E-state index is 12.1. The molecule has 0 aliphatic carbocycles. The SMILES string of the molecule is CCCC=CCOC(=O)C(C)(CC)CCCCC. The molecule has 2 heteroatoms. The first-order chi connectivity index (χ1) is 8.60. The summed E-state index contributed by atoms with van der Waals surface area (Å²) < 4.78 is 5.35. The third kappa shape index (κ3) is 6.83. The molecule has 0 aromatic rings. The number of hydrogen-bond acceptors (Lipinski definition) is 2. The molecule has 0 saturated heterocycles. The van der Waals surface area contributed by atoms with Gasteiger partial charge in [-0.05, 0) is 26.2 Å². The number of unbranched alkanes of at least 4 members (excludes halogenated alkanes) is 3. The quantitative estimate of drug-likeness (QED) is 0.315. The molecule has 1 atom stereocenters. The second-order valence-electron chi connectivity index (χ2n) is 5.23. The van der Waals surface area contributed by atoms with E-state index in [1.165, 1.54) is 12.8 Å². The molecule has 0 rings (SSSR count). The van der Waals surface area contributed by atoms with Crippen LogP contribution in [-0.2, 0) is 9.53 Å². The summed E-state index contributed by atoms with van der Waals surface area (Å²) in [6, 6.07) is 0. The van der Waals surface area contributed by atoms with Crippen LogP contribution in [0.3, 0.4) is 0 Å². The van der Waals surface area contributed by atoms with Crippen molar-refractivity contribution in [3.63, 3.8) is 0 Å². The number of rotatable bonds is 10. The predicted molar refractivity (Wildman–Crippen MR) is 77.5 cm³/mol. The van der Waals surface area contributed by atoms with Crippen molar-refractivity contribution in [1.82, 2.24) is 0 Å². The highest BCUT2D eigenvalue weighted by Gasteiger charge is 2.31. The lowest BCUT2D eigenvalue weighted by Crippen LogP contribution is -2.29. The van der Waals surface area contributed by atoms with Crippen LogP contribution in [0.1, 0.15) is 72.6 Å². The van der Waals surface area contributed by atoms with Gasteiger partial charge in [-0.2, -0.15) is 0 Å². The summed E-state index contributed by atoms with van der Waals surface area (Å²) in [5.41, 5.74) is -0.298. The van der Waals surface area contributed by atoms with Gasteiger partial charge in [0, 0.05) is 0 Å². The molecule has 1 unspecified atom stereocenters. The van der Waals surface area contributed by atoms with Gasteiger partial charge in [-0.3, -0.25) is 4.79 Å². The van der Waals surface area contributed by atoms with Crippen LogP contribution < -0.4 is 0 Å². The molecule has 0 aromatic heterocycles. The summed E-state index contributed by atoms with van der Waals surface area (Å²) in [5.74, 6) is -0.0396. The van der Waals surface area contributed by atoms with Crippen molar-refractivity contribution in [2.24, 2.45) is 5.41 Å². The number of allylic oxidation sites excluding steroid dienone is 1. The van der Waals surface area contributed by atoms with E-state index in [1.807, 2.05) is 13.0 Å². The fourth-order valence-electron chi connectivity index (χ4n) is 1.84. The van der Waals surface area contributed by atoms with Crippen molar-refractivity contribution >= 4 is 5.97 Å². The molecule has 0 bridgehead atoms. The Bertz CT molecular complexity index is 245. The topological polar surface area (TPSA) is 26.3 Å². The molecule has 18 heavy (non-hydrogen) atoms. The molecule has 0 fully saturated rings. The fraction of sp³-hybridized carbons (Fsp3) is 0.812. The largest absolute Gasteiger partial charge is 0.461 e. The van der Waals surface area contributed by atoms with Crippen LogP contribution in [0.5, 0.6) is 0 Å². The first kappa shape index (κ1) is 17.2. The van der Waals surface area contributed by atoms with Crippen LogP contribution in [0.2, 0.25) is 0 Å². The van der Waals surface area contributed by atoms with E-state index in [0.717, 1.165) is 32.1 Å². The van der Waals surface area contributed by atoms with Gasteiger partial charge in [0.15, 0.2) is 0 Å². The van der Waals surface area contributed by atoms with Crippen LogP contribution in [0.15, 0.2) is 12.2 Å². The highest BCUT2D eigenvalue weighted by atomic mass is 16.5. The summed E-state index contributed by atoms with van der Waals surface area (Å²) in [5, 5.41) is 0. The Hall–Kier alpha value is -0.790. The Kier molecular flexibility index (Phi) is 9.72. The van der Waals surface area contributed by atoms with E-state index in [1.54, 1.807) is 0 Å². The minimum atomic E-state index is -0.298. The van der Waals surface area contributed by atoms with Gasteiger partial charge in [-0.25, -0.2) is 0 Å². The molecule has 0 aliphatic rings. The van der Waals surface area contributed by atoms with Gasteiger partial charge < -0.3 is 4.74 Å². The van der Waals surface area contributed by atoms with E-state index in [0.29, 0.717) is 6.61 Å². The number of carbonyl (C=O) groups is 1. The summed E-state index contributed by atoms with van der Waals surface area (Å²) >= 11 is 0. The maximum Gasteiger partial charge on any atom is 0.312 e. The Morgan fingerprint density at radius 3 is 2.39 bits per heavy atom. The number of esters is 1. The monoisotopic (exact) mass is 254 g/mol. The van der Waals surface area contributed by atoms with E-state index in [9.17, 15) is 4.79 Å². The Morgan fingerprint density at radius 2 is 1.83 bits per heavy atom. The second kappa shape index (κ2) is 10.2. The van der Waals surface area contributed by atoms with Crippen LogP contribution >= 0.6 is 0 Å². The van der Waals surface area contributed by atoms with Gasteiger partial charge >= 0.3 is 5.97 Å². The maximum absolute atomic E-state index is 12.1. The summed E-state index contributed by atoms with van der Waals surface area (Å²) in [6.45, 7) is 8.83. The highest BCUT2D eigenvalue weighted by Crippen LogP contribution is 2.30. The third-order valence-electron chi connectivity index (χ3n) is 3.54. The Balaban J connectivity index is 4.07. The van der Waals surface area contributed by atoms with Crippen molar-refractivity contribution in [1.29, 1.82) is 0 Å². The Morgan fingerprint density at radius 1 is 1.11 bits per heavy atom. The highest BCUT2D eigenvalue weighted by molar-refractivity contribution is 5.76. The van der Waals surface area contributed by atoms with Gasteiger partial charge in [0.2, 0.25) is 0 Å². The molecule has 0 amide bonds. The van der Waals surface area contributed by atoms with Crippen molar-refractivity contribution in [2.45, 2.75) is 72.6 Å². The number of carbonyl (C=O) groups excluding carboxylic acids is 1. The first-order valence-electron chi connectivity index (χ1n) is 7.43. The molecule has 0 aliphatic heterocycles. The fourth-order valence-corrected chi connectivity index (χ4v) is 1.84. The lowest BCUT2D eigenvalue weighted by Gasteiger charge is -2.25. The van der Waals surface area contributed by atoms with Gasteiger partial charge in [-0.15, -0.1) is 0 Å². The molecular weight excluding hydrogens is 224 g/mol. The summed E-state index contributed by atoms with van der Waals surface area (Å²) in [7, 11) is 0. The average molecular weight is 254 g/mol. The summed E-state index contributed by atoms with van der Waals surface area (Å²) in [6.07, 6.45) is 11.5. The molecule has 0 aromatic carbocycles. The van der Waals surface area contributed by atoms with Gasteiger partial charge in [0.05, 0.1) is 5.41 Å². The van der Waals surface area contributed by atoms with Gasteiger partial charge in [0.25, 0.3) is 0 Å². The lowest BCUT2D eigenvalue weighted by atomic mass is 9.82. The third-order valence-corrected chi connectivity index (χ3v) is 3.54. The van der Waals surface area contributed by atoms with E-state index in [2.05, 4.69) is 26.8 Å². The van der Waals surface area contributed by atoms with Crippen molar-refractivity contribution < 1.29 is 9.53 Å². The van der Waals surface area contributed by atoms with Crippen LogP contribution in [0.25, 0.3) is 0 Å². The molecule has 0 saturated carbocycles. The molecule has 0 spiro atoms. The minimum absolute atomic E-state index is 0.0396. The van der Waals surface area contributed by atoms with E-state index >= 15 is 0 Å². The van der Waals surface area contributed by atoms with E-state index in [4.69, 9.17) is 4.74 Å². The van der Waals surface area contributed by atoms with E-state index < -0.39 is 0 Å². The van der Waals surface area contributed by atoms with Crippen molar-refractivity contribution in [3.8, 4) is 0 Å². The minimum Gasteiger partial charge on any atom is -0.461 e. The molecule has 0 heterocycles. The predicted octanol–water partition coefficient (Wildman–Crippen LogP) is 4.88. The van der Waals surface area contributed by atoms with E-state index in [-0.39, 0.29) is 11.4 Å². The second-order valence-corrected chi connectivity index (χ2v) is 5.23. The standard InChI is InChI=1S/C16H30O2/c1-5-8-10-12-14-18-15(17)16(4,7-3)13-11-9-6-2/h10,12H,5-9,11,13-14H2,1-4H3.